The predicted octanol–water partition coefficient (Wildman–Crippen LogP) is 1.91. The van der Waals surface area contributed by atoms with Crippen molar-refractivity contribution in [1.82, 2.24) is 9.62 Å². The minimum atomic E-state index is -1.30. The van der Waals surface area contributed by atoms with Crippen molar-refractivity contribution >= 4 is 17.1 Å². The molecule has 5 nitrogen and oxygen atoms in total. The number of hydrogen-bond acceptors (Lipinski definition) is 2. The summed E-state index contributed by atoms with van der Waals surface area (Å²) in [6, 6.07) is 7.34. The summed E-state index contributed by atoms with van der Waals surface area (Å²) < 4.78 is 15.1. The van der Waals surface area contributed by atoms with Gasteiger partial charge in [-0.15, -0.1) is 6.42 Å². The molecule has 0 spiro atoms. The largest absolute Gasteiger partial charge is 0.465 e. The van der Waals surface area contributed by atoms with Gasteiger partial charge in [0.25, 0.3) is 0 Å². The summed E-state index contributed by atoms with van der Waals surface area (Å²) in [7, 11) is -1.30. The van der Waals surface area contributed by atoms with Crippen molar-refractivity contribution in [3.8, 4) is 12.3 Å². The summed E-state index contributed by atoms with van der Waals surface area (Å²) in [5, 5.41) is 9.08. The molecule has 1 aliphatic rings. The number of nitrogens with one attached hydrogen (secondary N) is 1. The van der Waals surface area contributed by atoms with Crippen LogP contribution in [0.15, 0.2) is 24.3 Å². The molecule has 1 unspecified atom stereocenters. The molecule has 1 aromatic carbocycles. The van der Waals surface area contributed by atoms with Gasteiger partial charge in [-0.1, -0.05) is 18.1 Å². The molecule has 1 fully saturated rings. The van der Waals surface area contributed by atoms with Gasteiger partial charge in [-0.25, -0.2) is 13.7 Å². The summed E-state index contributed by atoms with van der Waals surface area (Å²) in [6.45, 7) is 6.15. The average molecular weight is 320 g/mol. The van der Waals surface area contributed by atoms with E-state index in [1.165, 1.54) is 4.90 Å². The number of carbonyl (C=O) groups is 1. The fourth-order valence-corrected chi connectivity index (χ4v) is 3.17. The maximum absolute atomic E-state index is 12.4. The van der Waals surface area contributed by atoms with Gasteiger partial charge in [0.1, 0.15) is 0 Å². The Balaban J connectivity index is 2.29. The van der Waals surface area contributed by atoms with Crippen LogP contribution in [-0.4, -0.2) is 38.1 Å². The SMILES string of the molecule is C#Cc1ccc(C2(NS(=O)C(C)(C)C)CN(C(=O)O)C2)cc1. The van der Waals surface area contributed by atoms with Crippen LogP contribution in [0.3, 0.4) is 0 Å². The molecule has 22 heavy (non-hydrogen) atoms. The zero-order valence-corrected chi connectivity index (χ0v) is 13.7. The molecule has 2 rings (SSSR count). The van der Waals surface area contributed by atoms with Gasteiger partial charge in [-0.3, -0.25) is 0 Å². The lowest BCUT2D eigenvalue weighted by Gasteiger charge is -2.49. The fourth-order valence-electron chi connectivity index (χ4n) is 2.26. The van der Waals surface area contributed by atoms with Crippen LogP contribution in [0.4, 0.5) is 4.79 Å². The molecule has 1 atom stereocenters. The Morgan fingerprint density at radius 3 is 2.32 bits per heavy atom. The molecule has 0 aliphatic carbocycles. The Labute approximate surface area is 133 Å². The topological polar surface area (TPSA) is 69.6 Å². The average Bonchev–Trinajstić information content (AvgIpc) is 2.40. The smallest absolute Gasteiger partial charge is 0.407 e. The summed E-state index contributed by atoms with van der Waals surface area (Å²) in [6.07, 6.45) is 4.38. The summed E-state index contributed by atoms with van der Waals surface area (Å²) in [4.78, 5) is 12.4. The number of amides is 1. The summed E-state index contributed by atoms with van der Waals surface area (Å²) in [5.41, 5.74) is 1.01. The molecule has 6 heteroatoms. The van der Waals surface area contributed by atoms with Crippen LogP contribution in [0, 0.1) is 12.3 Å². The van der Waals surface area contributed by atoms with Crippen molar-refractivity contribution in [1.29, 1.82) is 0 Å². The highest BCUT2D eigenvalue weighted by atomic mass is 32.2. The second kappa shape index (κ2) is 5.75. The first-order valence-corrected chi connectivity index (χ1v) is 8.08. The Kier molecular flexibility index (Phi) is 4.32. The third-order valence-electron chi connectivity index (χ3n) is 3.64. The number of carboxylic acid groups (broad SMARTS) is 1. The van der Waals surface area contributed by atoms with Crippen LogP contribution in [0.2, 0.25) is 0 Å². The highest BCUT2D eigenvalue weighted by Crippen LogP contribution is 2.33. The van der Waals surface area contributed by atoms with Gasteiger partial charge in [0, 0.05) is 18.7 Å². The third-order valence-corrected chi connectivity index (χ3v) is 5.33. The van der Waals surface area contributed by atoms with E-state index in [1.807, 2.05) is 45.0 Å². The van der Waals surface area contributed by atoms with Gasteiger partial charge in [-0.2, -0.15) is 0 Å². The van der Waals surface area contributed by atoms with Gasteiger partial charge >= 0.3 is 6.09 Å². The van der Waals surface area contributed by atoms with E-state index in [4.69, 9.17) is 11.5 Å². The number of rotatable bonds is 3. The van der Waals surface area contributed by atoms with Crippen LogP contribution in [-0.2, 0) is 16.5 Å². The van der Waals surface area contributed by atoms with Crippen LogP contribution in [0.5, 0.6) is 0 Å². The van der Waals surface area contributed by atoms with Gasteiger partial charge in [0.15, 0.2) is 0 Å². The van der Waals surface area contributed by atoms with E-state index < -0.39 is 27.4 Å². The maximum Gasteiger partial charge on any atom is 0.407 e. The lowest BCUT2D eigenvalue weighted by Crippen LogP contribution is -2.68. The molecule has 2 N–H and O–H groups in total. The number of terminal acetylenes is 1. The molecule has 0 aromatic heterocycles. The molecular formula is C16H20N2O3S. The molecule has 118 valence electrons. The molecule has 1 amide bonds. The lowest BCUT2D eigenvalue weighted by atomic mass is 9.83. The predicted molar refractivity (Wildman–Crippen MR) is 86.7 cm³/mol. The van der Waals surface area contributed by atoms with Crippen molar-refractivity contribution in [3.63, 3.8) is 0 Å². The van der Waals surface area contributed by atoms with Gasteiger partial charge in [-0.05, 0) is 38.5 Å². The first-order chi connectivity index (χ1) is 10.2. The zero-order valence-electron chi connectivity index (χ0n) is 12.9. The second-order valence-electron chi connectivity index (χ2n) is 6.43. The van der Waals surface area contributed by atoms with Crippen molar-refractivity contribution in [3.05, 3.63) is 35.4 Å². The minimum Gasteiger partial charge on any atom is -0.465 e. The van der Waals surface area contributed by atoms with Gasteiger partial charge < -0.3 is 10.0 Å². The normalized spacial score (nSPS) is 18.2. The number of likely N-dealkylation sites (tertiary alicyclic amines) is 1. The minimum absolute atomic E-state index is 0.263. The van der Waals surface area contributed by atoms with Crippen molar-refractivity contribution in [2.45, 2.75) is 31.1 Å². The van der Waals surface area contributed by atoms with E-state index in [1.54, 1.807) is 0 Å². The highest BCUT2D eigenvalue weighted by Gasteiger charge is 2.48. The Hall–Kier alpha value is -1.84. The zero-order chi connectivity index (χ0) is 16.5. The van der Waals surface area contributed by atoms with Gasteiger partial charge in [0.05, 0.1) is 21.3 Å². The molecule has 1 heterocycles. The van der Waals surface area contributed by atoms with E-state index in [0.29, 0.717) is 0 Å². The quantitative estimate of drug-likeness (QED) is 0.836. The van der Waals surface area contributed by atoms with E-state index in [2.05, 4.69) is 10.6 Å². The highest BCUT2D eigenvalue weighted by molar-refractivity contribution is 7.84. The Morgan fingerprint density at radius 1 is 1.36 bits per heavy atom. The molecular weight excluding hydrogens is 300 g/mol. The molecule has 0 radical (unpaired) electrons. The second-order valence-corrected chi connectivity index (χ2v) is 8.39. The van der Waals surface area contributed by atoms with Gasteiger partial charge in [0.2, 0.25) is 0 Å². The molecule has 1 saturated heterocycles. The molecule has 1 aliphatic heterocycles. The van der Waals surface area contributed by atoms with Crippen LogP contribution in [0.1, 0.15) is 31.9 Å². The van der Waals surface area contributed by atoms with Crippen molar-refractivity contribution in [2.24, 2.45) is 0 Å². The van der Waals surface area contributed by atoms with Crippen LogP contribution in [0.25, 0.3) is 0 Å². The van der Waals surface area contributed by atoms with E-state index in [9.17, 15) is 9.00 Å². The monoisotopic (exact) mass is 320 g/mol. The van der Waals surface area contributed by atoms with E-state index in [0.717, 1.165) is 11.1 Å². The standard InChI is InChI=1S/C16H20N2O3S/c1-5-12-6-8-13(9-7-12)16(10-18(11-16)14(19)20)17-22(21)15(2,3)4/h1,6-9,17H,10-11H2,2-4H3,(H,19,20). The number of nitrogens with zero attached hydrogens (tertiary/aromatic N) is 1. The van der Waals surface area contributed by atoms with Crippen LogP contribution < -0.4 is 4.72 Å². The Morgan fingerprint density at radius 2 is 1.91 bits per heavy atom. The van der Waals surface area contributed by atoms with E-state index in [-0.39, 0.29) is 13.1 Å². The Bertz CT molecular complexity index is 635. The summed E-state index contributed by atoms with van der Waals surface area (Å²) in [5.74, 6) is 2.55. The van der Waals surface area contributed by atoms with Crippen molar-refractivity contribution < 1.29 is 14.1 Å². The maximum atomic E-state index is 12.4. The van der Waals surface area contributed by atoms with E-state index >= 15 is 0 Å². The summed E-state index contributed by atoms with van der Waals surface area (Å²) >= 11 is 0. The third kappa shape index (κ3) is 3.16. The molecule has 0 bridgehead atoms. The molecule has 1 aromatic rings. The van der Waals surface area contributed by atoms with Crippen LogP contribution >= 0.6 is 0 Å². The lowest BCUT2D eigenvalue weighted by molar-refractivity contribution is 0.0541. The first-order valence-electron chi connectivity index (χ1n) is 6.93. The van der Waals surface area contributed by atoms with Crippen molar-refractivity contribution in [2.75, 3.05) is 13.1 Å². The number of benzene rings is 1. The molecule has 0 saturated carbocycles. The number of hydrogen-bond donors (Lipinski definition) is 2. The first kappa shape index (κ1) is 16.5. The fraction of sp³-hybridized carbons (Fsp3) is 0.438.